The largest absolute Gasteiger partial charge is 0.496 e. The van der Waals surface area contributed by atoms with Crippen LogP contribution in [0.2, 0.25) is 20.1 Å². The number of halogens is 5. The van der Waals surface area contributed by atoms with Crippen molar-refractivity contribution in [3.05, 3.63) is 122 Å². The summed E-state index contributed by atoms with van der Waals surface area (Å²) in [5, 5.41) is 3.98. The van der Waals surface area contributed by atoms with Gasteiger partial charge >= 0.3 is 0 Å². The minimum absolute atomic E-state index is 0.0569. The molecular weight excluding hydrogens is 837 g/mol. The zero-order valence-corrected chi connectivity index (χ0v) is 36.2. The van der Waals surface area contributed by atoms with Crippen molar-refractivity contribution in [2.75, 3.05) is 38.7 Å². The smallest absolute Gasteiger partial charge is 0.228 e. The Labute approximate surface area is 355 Å². The molecule has 57 heavy (non-hydrogen) atoms. The van der Waals surface area contributed by atoms with E-state index in [1.165, 1.54) is 12.1 Å². The van der Waals surface area contributed by atoms with E-state index in [1.807, 2.05) is 30.3 Å². The number of methoxy groups -OCH3 is 2. The maximum Gasteiger partial charge on any atom is 0.228 e. The number of nitrogens with two attached hydrogens (primary N) is 1. The van der Waals surface area contributed by atoms with Gasteiger partial charge in [-0.1, -0.05) is 86.2 Å². The first-order valence-corrected chi connectivity index (χ1v) is 20.6. The average molecular weight is 884 g/mol. The van der Waals surface area contributed by atoms with E-state index >= 15 is 0 Å². The van der Waals surface area contributed by atoms with Crippen molar-refractivity contribution in [2.45, 2.75) is 50.8 Å². The van der Waals surface area contributed by atoms with Crippen molar-refractivity contribution in [3.8, 4) is 34.5 Å². The molecule has 5 aromatic rings. The summed E-state index contributed by atoms with van der Waals surface area (Å²) in [5.74, 6) is 3.70. The monoisotopic (exact) mass is 881 g/mol. The Morgan fingerprint density at radius 1 is 0.737 bits per heavy atom. The Morgan fingerprint density at radius 2 is 1.14 bits per heavy atom. The molecule has 0 aliphatic carbocycles. The van der Waals surface area contributed by atoms with Crippen LogP contribution in [0.1, 0.15) is 57.6 Å². The molecule has 1 amide bonds. The first-order valence-electron chi connectivity index (χ1n) is 17.9. The van der Waals surface area contributed by atoms with Crippen LogP contribution in [-0.2, 0) is 21.1 Å². The fraction of sp³-hybridized carbons (Fsp3) is 0.262. The van der Waals surface area contributed by atoms with Crippen molar-refractivity contribution < 1.29 is 37.9 Å². The summed E-state index contributed by atoms with van der Waals surface area (Å²) in [6, 6.07) is 23.5. The summed E-state index contributed by atoms with van der Waals surface area (Å²) in [6.07, 6.45) is 1.19. The van der Waals surface area contributed by atoms with Gasteiger partial charge in [0, 0.05) is 28.8 Å². The van der Waals surface area contributed by atoms with Crippen molar-refractivity contribution in [1.29, 1.82) is 0 Å². The van der Waals surface area contributed by atoms with E-state index in [2.05, 4.69) is 33.0 Å². The molecule has 0 aliphatic rings. The highest BCUT2D eigenvalue weighted by atomic mass is 35.5. The molecule has 5 rings (SSSR count). The number of rotatable bonds is 12. The molecule has 15 heteroatoms. The molecule has 0 atom stereocenters. The number of hydrogen-bond donors (Lipinski definition) is 2. The van der Waals surface area contributed by atoms with Gasteiger partial charge < -0.3 is 30.0 Å². The minimum Gasteiger partial charge on any atom is -0.496 e. The predicted octanol–water partition coefficient (Wildman–Crippen LogP) is 12.6. The Balaban J connectivity index is 0.000000320. The SMILES string of the molecule is COc1ccc(Oc2c(Cl)cc(N)cc2Cl)cc1C(C)C.COc1ccc(Oc2c(Cl)cc(NC(=O)Cc3ccc(S(C)(=O)=O)cc3)cc2Cl)cc1C(C)C.[2H]CF. The lowest BCUT2D eigenvalue weighted by Crippen LogP contribution is -2.14. The van der Waals surface area contributed by atoms with Crippen LogP contribution >= 0.6 is 46.4 Å². The second-order valence-corrected chi connectivity index (χ2v) is 16.7. The number of benzene rings is 5. The van der Waals surface area contributed by atoms with Crippen LogP contribution in [0.5, 0.6) is 34.5 Å². The van der Waals surface area contributed by atoms with Gasteiger partial charge in [0.25, 0.3) is 0 Å². The van der Waals surface area contributed by atoms with Crippen LogP contribution in [-0.4, -0.2) is 42.0 Å². The van der Waals surface area contributed by atoms with Crippen molar-refractivity contribution in [2.24, 2.45) is 0 Å². The number of carbonyl (C=O) groups excluding carboxylic acids is 1. The first kappa shape index (κ1) is 45.3. The number of carbonyl (C=O) groups is 1. The molecule has 0 fully saturated rings. The van der Waals surface area contributed by atoms with Crippen molar-refractivity contribution in [1.82, 2.24) is 0 Å². The quantitative estimate of drug-likeness (QED) is 0.119. The lowest BCUT2D eigenvalue weighted by atomic mass is 10.0. The van der Waals surface area contributed by atoms with Crippen LogP contribution in [0.25, 0.3) is 0 Å². The minimum atomic E-state index is -3.29. The van der Waals surface area contributed by atoms with Crippen LogP contribution in [0, 0.1) is 0 Å². The Hall–Kier alpha value is -4.39. The van der Waals surface area contributed by atoms with Gasteiger partial charge in [0.05, 0.1) is 54.2 Å². The highest BCUT2D eigenvalue weighted by Crippen LogP contribution is 2.42. The van der Waals surface area contributed by atoms with Gasteiger partial charge in [-0.25, -0.2) is 8.42 Å². The zero-order valence-electron chi connectivity index (χ0n) is 33.4. The van der Waals surface area contributed by atoms with Crippen molar-refractivity contribution >= 4 is 73.5 Å². The molecule has 0 heterocycles. The van der Waals surface area contributed by atoms with E-state index in [4.69, 9.17) is 72.5 Å². The molecule has 0 unspecified atom stereocenters. The van der Waals surface area contributed by atoms with Gasteiger partial charge in [0.15, 0.2) is 21.3 Å². The van der Waals surface area contributed by atoms with Gasteiger partial charge in [-0.15, -0.1) is 0 Å². The summed E-state index contributed by atoms with van der Waals surface area (Å²) in [6.45, 7) is 8.29. The lowest BCUT2D eigenvalue weighted by Gasteiger charge is -2.16. The molecule has 3 N–H and O–H groups in total. The van der Waals surface area contributed by atoms with E-state index < -0.39 is 17.0 Å². The molecular formula is C42H45Cl4FN2O7S. The highest BCUT2D eigenvalue weighted by molar-refractivity contribution is 7.90. The number of amides is 1. The zero-order chi connectivity index (χ0) is 43.3. The van der Waals surface area contributed by atoms with Crippen LogP contribution in [0.15, 0.2) is 89.8 Å². The molecule has 0 aromatic heterocycles. The number of sulfone groups is 1. The summed E-state index contributed by atoms with van der Waals surface area (Å²) in [4.78, 5) is 12.7. The molecule has 0 saturated carbocycles. The standard InChI is InChI=1S/C25H25Cl2NO5S.C16H17Cl2NO2.CH3F/c1-15(2)20-14-18(7-10-23(20)32-3)33-25-21(26)12-17(13-22(25)27)28-24(29)11-16-5-8-19(9-6-16)34(4,30)31;1-9(2)12-8-11(4-5-15(12)20-3)21-16-13(17)6-10(19)7-14(16)18;1-2/h5-10,12-15H,11H2,1-4H3,(H,28,29);4-9H,19H2,1-3H3;1H3/i;;1D. The average Bonchev–Trinajstić information content (AvgIpc) is 3.14. The van der Waals surface area contributed by atoms with Crippen molar-refractivity contribution in [3.63, 3.8) is 0 Å². The fourth-order valence-electron chi connectivity index (χ4n) is 5.34. The Bertz CT molecular complexity index is 2250. The number of anilines is 2. The van der Waals surface area contributed by atoms with E-state index in [1.54, 1.807) is 56.7 Å². The first-order chi connectivity index (χ1) is 27.3. The van der Waals surface area contributed by atoms with Gasteiger partial charge in [0.1, 0.15) is 23.0 Å². The summed E-state index contributed by atoms with van der Waals surface area (Å²) in [7, 11) is -1.02. The number of nitrogens with one attached hydrogen (secondary N) is 1. The third-order valence-corrected chi connectivity index (χ3v) is 10.4. The number of hydrogen-bond acceptors (Lipinski definition) is 8. The second-order valence-electron chi connectivity index (χ2n) is 13.0. The van der Waals surface area contributed by atoms with E-state index in [9.17, 15) is 17.6 Å². The maximum atomic E-state index is 12.5. The molecule has 0 saturated heterocycles. The summed E-state index contributed by atoms with van der Waals surface area (Å²) < 4.78 is 61.1. The van der Waals surface area contributed by atoms with Crippen LogP contribution in [0.3, 0.4) is 0 Å². The molecule has 306 valence electrons. The van der Waals surface area contributed by atoms with Gasteiger partial charge in [-0.05, 0) is 90.2 Å². The third kappa shape index (κ3) is 13.3. The van der Waals surface area contributed by atoms with Gasteiger partial charge in [0.2, 0.25) is 5.91 Å². The van der Waals surface area contributed by atoms with Crippen LogP contribution in [0.4, 0.5) is 15.8 Å². The van der Waals surface area contributed by atoms with E-state index in [-0.39, 0.29) is 38.9 Å². The number of alkyl halides is 1. The van der Waals surface area contributed by atoms with E-state index in [0.29, 0.717) is 50.1 Å². The Kier molecular flexibility index (Phi) is 17.0. The number of nitrogen functional groups attached to an aromatic ring is 1. The Morgan fingerprint density at radius 3 is 1.51 bits per heavy atom. The third-order valence-electron chi connectivity index (χ3n) is 8.11. The molecule has 9 nitrogen and oxygen atoms in total. The van der Waals surface area contributed by atoms with Gasteiger partial charge in [-0.3, -0.25) is 9.18 Å². The predicted molar refractivity (Wildman–Crippen MR) is 231 cm³/mol. The highest BCUT2D eigenvalue weighted by Gasteiger charge is 2.17. The normalized spacial score (nSPS) is 11.1. The molecule has 0 aliphatic heterocycles. The summed E-state index contributed by atoms with van der Waals surface area (Å²) in [5.41, 5.74) is 9.30. The van der Waals surface area contributed by atoms with Gasteiger partial charge in [-0.2, -0.15) is 0 Å². The molecule has 5 aromatic carbocycles. The number of ether oxygens (including phenoxy) is 4. The second kappa shape index (κ2) is 21.4. The lowest BCUT2D eigenvalue weighted by molar-refractivity contribution is -0.115. The maximum absolute atomic E-state index is 12.5. The molecule has 0 spiro atoms. The summed E-state index contributed by atoms with van der Waals surface area (Å²) >= 11 is 25.1. The molecule has 0 radical (unpaired) electrons. The molecule has 0 bridgehead atoms. The fourth-order valence-corrected chi connectivity index (χ4v) is 7.12. The topological polar surface area (TPSA) is 126 Å². The van der Waals surface area contributed by atoms with E-state index in [0.717, 1.165) is 28.9 Å². The van der Waals surface area contributed by atoms with Crippen LogP contribution < -0.4 is 30.0 Å².